The third-order valence-electron chi connectivity index (χ3n) is 2.75. The number of furan rings is 1. The lowest BCUT2D eigenvalue weighted by Crippen LogP contribution is -2.11. The van der Waals surface area contributed by atoms with E-state index in [-0.39, 0.29) is 0 Å². The van der Waals surface area contributed by atoms with Gasteiger partial charge in [0.05, 0.1) is 6.26 Å². The molecule has 0 aliphatic heterocycles. The van der Waals surface area contributed by atoms with Gasteiger partial charge in [-0.25, -0.2) is 10.8 Å². The summed E-state index contributed by atoms with van der Waals surface area (Å²) in [6, 6.07) is 5.35. The average molecular weight is 246 g/mol. The quantitative estimate of drug-likeness (QED) is 0.618. The van der Waals surface area contributed by atoms with Gasteiger partial charge in [0.2, 0.25) is 5.88 Å². The molecule has 2 aromatic heterocycles. The highest BCUT2D eigenvalue weighted by Gasteiger charge is 2.27. The first-order valence-electron chi connectivity index (χ1n) is 5.86. The van der Waals surface area contributed by atoms with Crippen molar-refractivity contribution < 1.29 is 9.15 Å². The van der Waals surface area contributed by atoms with Gasteiger partial charge in [-0.1, -0.05) is 0 Å². The van der Waals surface area contributed by atoms with E-state index >= 15 is 0 Å². The van der Waals surface area contributed by atoms with Crippen molar-refractivity contribution in [3.8, 4) is 5.88 Å². The molecule has 2 aromatic rings. The number of hydrogen-bond acceptors (Lipinski definition) is 6. The van der Waals surface area contributed by atoms with Crippen LogP contribution in [0.25, 0.3) is 0 Å². The molecule has 0 unspecified atom stereocenters. The van der Waals surface area contributed by atoms with Crippen LogP contribution in [0, 0.1) is 0 Å². The van der Waals surface area contributed by atoms with E-state index in [1.165, 1.54) is 0 Å². The maximum atomic E-state index is 5.57. The van der Waals surface area contributed by atoms with Crippen LogP contribution in [0.1, 0.15) is 30.3 Å². The predicted molar refractivity (Wildman–Crippen MR) is 64.9 cm³/mol. The maximum absolute atomic E-state index is 5.57. The predicted octanol–water partition coefficient (Wildman–Crippen LogP) is 1.81. The van der Waals surface area contributed by atoms with Crippen molar-refractivity contribution in [1.29, 1.82) is 0 Å². The van der Waals surface area contributed by atoms with Crippen LogP contribution in [0.15, 0.2) is 28.9 Å². The zero-order valence-electron chi connectivity index (χ0n) is 9.80. The molecule has 3 N–H and O–H groups in total. The minimum absolute atomic E-state index is 0.345. The highest BCUT2D eigenvalue weighted by atomic mass is 16.5. The Kier molecular flexibility index (Phi) is 2.85. The molecule has 0 bridgehead atoms. The number of aromatic nitrogens is 2. The Balaban J connectivity index is 1.75. The highest BCUT2D eigenvalue weighted by Crippen LogP contribution is 2.39. The highest BCUT2D eigenvalue weighted by molar-refractivity contribution is 5.38. The maximum Gasteiger partial charge on any atom is 0.219 e. The fourth-order valence-corrected chi connectivity index (χ4v) is 1.65. The molecular weight excluding hydrogens is 232 g/mol. The van der Waals surface area contributed by atoms with Crippen molar-refractivity contribution in [1.82, 2.24) is 9.97 Å². The lowest BCUT2D eigenvalue weighted by Gasteiger charge is -2.07. The Bertz CT molecular complexity index is 523. The molecule has 0 atom stereocenters. The Morgan fingerprint density at radius 2 is 2.33 bits per heavy atom. The molecule has 1 aliphatic carbocycles. The number of nitrogens with zero attached hydrogens (tertiary/aromatic N) is 2. The number of rotatable bonds is 5. The van der Waals surface area contributed by atoms with Crippen molar-refractivity contribution in [3.63, 3.8) is 0 Å². The van der Waals surface area contributed by atoms with Crippen LogP contribution < -0.4 is 16.0 Å². The molecule has 0 radical (unpaired) electrons. The van der Waals surface area contributed by atoms with E-state index in [1.807, 2.05) is 12.1 Å². The lowest BCUT2D eigenvalue weighted by molar-refractivity contribution is 0.259. The van der Waals surface area contributed by atoms with E-state index in [1.54, 1.807) is 12.3 Å². The van der Waals surface area contributed by atoms with Crippen molar-refractivity contribution in [2.24, 2.45) is 5.84 Å². The third kappa shape index (κ3) is 2.43. The summed E-state index contributed by atoms with van der Waals surface area (Å²) >= 11 is 0. The van der Waals surface area contributed by atoms with Gasteiger partial charge >= 0.3 is 0 Å². The topological polar surface area (TPSA) is 86.2 Å². The summed E-state index contributed by atoms with van der Waals surface area (Å²) in [5.74, 6) is 8.46. The molecule has 1 aliphatic rings. The number of nitrogens with two attached hydrogens (primary N) is 1. The van der Waals surface area contributed by atoms with Crippen LogP contribution in [-0.2, 0) is 6.61 Å². The molecule has 1 saturated carbocycles. The van der Waals surface area contributed by atoms with Crippen LogP contribution in [0.5, 0.6) is 5.88 Å². The standard InChI is InChI=1S/C12H14N4O2/c13-16-10-6-11(15-12(14-10)8-3-4-8)18-7-9-2-1-5-17-9/h1-2,5-6,8H,3-4,7,13H2,(H,14,15,16). The van der Waals surface area contributed by atoms with Gasteiger partial charge in [0, 0.05) is 12.0 Å². The van der Waals surface area contributed by atoms with Gasteiger partial charge in [0.1, 0.15) is 24.0 Å². The van der Waals surface area contributed by atoms with E-state index in [9.17, 15) is 0 Å². The van der Waals surface area contributed by atoms with Crippen LogP contribution in [0.3, 0.4) is 0 Å². The van der Waals surface area contributed by atoms with Gasteiger partial charge in [-0.15, -0.1) is 0 Å². The van der Waals surface area contributed by atoms with Gasteiger partial charge in [-0.3, -0.25) is 0 Å². The number of anilines is 1. The Morgan fingerprint density at radius 3 is 3.00 bits per heavy atom. The second kappa shape index (κ2) is 4.66. The van der Waals surface area contributed by atoms with E-state index in [0.29, 0.717) is 24.2 Å². The Morgan fingerprint density at radius 1 is 1.44 bits per heavy atom. The molecule has 0 aromatic carbocycles. The normalized spacial score (nSPS) is 14.5. The van der Waals surface area contributed by atoms with E-state index in [4.69, 9.17) is 15.0 Å². The molecule has 0 amide bonds. The van der Waals surface area contributed by atoms with Gasteiger partial charge in [0.15, 0.2) is 0 Å². The molecule has 1 fully saturated rings. The summed E-state index contributed by atoms with van der Waals surface area (Å²) in [7, 11) is 0. The minimum Gasteiger partial charge on any atom is -0.469 e. The molecule has 94 valence electrons. The van der Waals surface area contributed by atoms with Crippen molar-refractivity contribution in [2.45, 2.75) is 25.4 Å². The zero-order chi connectivity index (χ0) is 12.4. The molecule has 0 saturated heterocycles. The van der Waals surface area contributed by atoms with E-state index in [2.05, 4.69) is 15.4 Å². The summed E-state index contributed by atoms with van der Waals surface area (Å²) in [4.78, 5) is 8.68. The third-order valence-corrected chi connectivity index (χ3v) is 2.75. The SMILES string of the molecule is NNc1cc(OCc2ccco2)nc(C2CC2)n1. The molecule has 3 rings (SSSR count). The molecule has 2 heterocycles. The van der Waals surface area contributed by atoms with Crippen LogP contribution in [-0.4, -0.2) is 9.97 Å². The summed E-state index contributed by atoms with van der Waals surface area (Å²) in [5, 5.41) is 0. The van der Waals surface area contributed by atoms with Gasteiger partial charge in [-0.2, -0.15) is 4.98 Å². The first kappa shape index (κ1) is 11.0. The summed E-state index contributed by atoms with van der Waals surface area (Å²) < 4.78 is 10.8. The molecule has 6 heteroatoms. The fraction of sp³-hybridized carbons (Fsp3) is 0.333. The van der Waals surface area contributed by atoms with Crippen LogP contribution in [0.2, 0.25) is 0 Å². The minimum atomic E-state index is 0.345. The molecule has 6 nitrogen and oxygen atoms in total. The Hall–Kier alpha value is -2.08. The number of ether oxygens (including phenoxy) is 1. The van der Waals surface area contributed by atoms with Crippen molar-refractivity contribution in [3.05, 3.63) is 36.0 Å². The second-order valence-electron chi connectivity index (χ2n) is 4.24. The zero-order valence-corrected chi connectivity index (χ0v) is 9.80. The lowest BCUT2D eigenvalue weighted by atomic mass is 10.4. The van der Waals surface area contributed by atoms with Crippen LogP contribution in [0.4, 0.5) is 5.82 Å². The van der Waals surface area contributed by atoms with Crippen molar-refractivity contribution >= 4 is 5.82 Å². The number of hydrogen-bond donors (Lipinski definition) is 2. The van der Waals surface area contributed by atoms with Crippen molar-refractivity contribution in [2.75, 3.05) is 5.43 Å². The van der Waals surface area contributed by atoms with E-state index < -0.39 is 0 Å². The summed E-state index contributed by atoms with van der Waals surface area (Å²) in [5.41, 5.74) is 2.53. The van der Waals surface area contributed by atoms with Crippen LogP contribution >= 0.6 is 0 Å². The number of hydrazine groups is 1. The largest absolute Gasteiger partial charge is 0.469 e. The molecule has 0 spiro atoms. The monoisotopic (exact) mass is 246 g/mol. The summed E-state index contributed by atoms with van der Waals surface area (Å²) in [6.45, 7) is 0.345. The summed E-state index contributed by atoms with van der Waals surface area (Å²) in [6.07, 6.45) is 3.87. The first-order chi connectivity index (χ1) is 8.85. The fourth-order valence-electron chi connectivity index (χ4n) is 1.65. The second-order valence-corrected chi connectivity index (χ2v) is 4.24. The van der Waals surface area contributed by atoms with Gasteiger partial charge in [-0.05, 0) is 25.0 Å². The smallest absolute Gasteiger partial charge is 0.219 e. The molecular formula is C12H14N4O2. The number of nitrogens with one attached hydrogen (secondary N) is 1. The number of nitrogen functional groups attached to an aromatic ring is 1. The van der Waals surface area contributed by atoms with E-state index in [0.717, 1.165) is 24.4 Å². The first-order valence-corrected chi connectivity index (χ1v) is 5.86. The van der Waals surface area contributed by atoms with Gasteiger partial charge < -0.3 is 14.6 Å². The average Bonchev–Trinajstić information content (AvgIpc) is 3.13. The molecule has 18 heavy (non-hydrogen) atoms. The van der Waals surface area contributed by atoms with Gasteiger partial charge in [0.25, 0.3) is 0 Å². The Labute approximate surface area is 104 Å².